The fraction of sp³-hybridized carbons (Fsp3) is 0.167. The fourth-order valence-electron chi connectivity index (χ4n) is 1.56. The van der Waals surface area contributed by atoms with Crippen LogP contribution in [0.4, 0.5) is 5.69 Å². The predicted molar refractivity (Wildman–Crippen MR) is 82.4 cm³/mol. The first-order chi connectivity index (χ1) is 9.47. The molecule has 0 atom stereocenters. The van der Waals surface area contributed by atoms with Crippen molar-refractivity contribution < 1.29 is 17.9 Å². The van der Waals surface area contributed by atoms with Gasteiger partial charge in [0.25, 0.3) is 10.0 Å². The Hall–Kier alpha value is -1.25. The number of benzene rings is 1. The van der Waals surface area contributed by atoms with E-state index >= 15 is 0 Å². The van der Waals surface area contributed by atoms with Gasteiger partial charge in [-0.15, -0.1) is 11.3 Å². The number of hydrogen-bond acceptors (Lipinski definition) is 5. The Kier molecular flexibility index (Phi) is 4.56. The van der Waals surface area contributed by atoms with Gasteiger partial charge in [-0.25, -0.2) is 8.42 Å². The number of methoxy groups -OCH3 is 2. The minimum absolute atomic E-state index is 0.211. The van der Waals surface area contributed by atoms with Gasteiger partial charge in [0.15, 0.2) is 4.21 Å². The second-order valence-electron chi connectivity index (χ2n) is 3.73. The Morgan fingerprint density at radius 1 is 1.20 bits per heavy atom. The molecule has 0 aliphatic rings. The summed E-state index contributed by atoms with van der Waals surface area (Å²) >= 11 is 4.34. The normalized spacial score (nSPS) is 11.2. The highest BCUT2D eigenvalue weighted by molar-refractivity contribution is 9.10. The molecule has 8 heteroatoms. The topological polar surface area (TPSA) is 64.6 Å². The summed E-state index contributed by atoms with van der Waals surface area (Å²) in [4.78, 5) is 0. The summed E-state index contributed by atoms with van der Waals surface area (Å²) in [5.74, 6) is 0.954. The molecule has 1 aromatic carbocycles. The second-order valence-corrected chi connectivity index (χ2v) is 7.38. The van der Waals surface area contributed by atoms with Crippen LogP contribution in [0, 0.1) is 0 Å². The van der Waals surface area contributed by atoms with Gasteiger partial charge in [-0.3, -0.25) is 4.72 Å². The molecule has 1 heterocycles. The van der Waals surface area contributed by atoms with Gasteiger partial charge < -0.3 is 9.47 Å². The minimum atomic E-state index is -3.67. The summed E-state index contributed by atoms with van der Waals surface area (Å²) in [6, 6.07) is 6.58. The van der Waals surface area contributed by atoms with E-state index in [0.29, 0.717) is 21.7 Å². The zero-order valence-corrected chi connectivity index (χ0v) is 13.9. The maximum absolute atomic E-state index is 12.3. The Labute approximate surface area is 129 Å². The molecule has 0 aliphatic heterocycles. The van der Waals surface area contributed by atoms with Crippen LogP contribution in [0.5, 0.6) is 11.5 Å². The van der Waals surface area contributed by atoms with Crippen molar-refractivity contribution in [3.05, 3.63) is 34.1 Å². The van der Waals surface area contributed by atoms with Gasteiger partial charge in [-0.1, -0.05) is 0 Å². The number of halogens is 1. The van der Waals surface area contributed by atoms with Crippen molar-refractivity contribution in [3.8, 4) is 11.5 Å². The van der Waals surface area contributed by atoms with E-state index in [2.05, 4.69) is 20.7 Å². The maximum Gasteiger partial charge on any atom is 0.272 e. The van der Waals surface area contributed by atoms with E-state index in [0.717, 1.165) is 11.3 Å². The molecule has 1 N–H and O–H groups in total. The van der Waals surface area contributed by atoms with Gasteiger partial charge in [-0.2, -0.15) is 0 Å². The van der Waals surface area contributed by atoms with E-state index in [1.165, 1.54) is 14.2 Å². The van der Waals surface area contributed by atoms with E-state index in [-0.39, 0.29) is 4.21 Å². The molecule has 0 spiro atoms. The lowest BCUT2D eigenvalue weighted by atomic mass is 10.3. The highest BCUT2D eigenvalue weighted by Crippen LogP contribution is 2.34. The van der Waals surface area contributed by atoms with E-state index in [4.69, 9.17) is 9.47 Å². The Bertz CT molecular complexity index is 712. The quantitative estimate of drug-likeness (QED) is 0.867. The molecule has 0 saturated heterocycles. The van der Waals surface area contributed by atoms with Gasteiger partial charge in [0.05, 0.1) is 19.9 Å². The van der Waals surface area contributed by atoms with Gasteiger partial charge in [-0.05, 0) is 39.5 Å². The molecule has 0 radical (unpaired) electrons. The van der Waals surface area contributed by atoms with Crippen LogP contribution >= 0.6 is 27.3 Å². The summed E-state index contributed by atoms with van der Waals surface area (Å²) in [5.41, 5.74) is 0.326. The van der Waals surface area contributed by atoms with Crippen molar-refractivity contribution in [2.24, 2.45) is 0 Å². The average molecular weight is 378 g/mol. The highest BCUT2D eigenvalue weighted by atomic mass is 79.9. The van der Waals surface area contributed by atoms with Gasteiger partial charge in [0, 0.05) is 10.5 Å². The molecule has 108 valence electrons. The highest BCUT2D eigenvalue weighted by Gasteiger charge is 2.21. The number of ether oxygens (including phenoxy) is 2. The van der Waals surface area contributed by atoms with Crippen molar-refractivity contribution in [2.75, 3.05) is 18.9 Å². The number of rotatable bonds is 5. The van der Waals surface area contributed by atoms with Crippen LogP contribution < -0.4 is 14.2 Å². The van der Waals surface area contributed by atoms with Crippen molar-refractivity contribution in [3.63, 3.8) is 0 Å². The Morgan fingerprint density at radius 3 is 2.50 bits per heavy atom. The van der Waals surface area contributed by atoms with Crippen LogP contribution in [-0.2, 0) is 10.0 Å². The summed E-state index contributed by atoms with van der Waals surface area (Å²) in [5, 5.41) is 1.70. The maximum atomic E-state index is 12.3. The molecular formula is C12H12BrNO4S2. The summed E-state index contributed by atoms with van der Waals surface area (Å²) < 4.78 is 38.1. The van der Waals surface area contributed by atoms with Gasteiger partial charge in [0.2, 0.25) is 0 Å². The molecule has 0 saturated carbocycles. The summed E-state index contributed by atoms with van der Waals surface area (Å²) in [6.07, 6.45) is 0. The summed E-state index contributed by atoms with van der Waals surface area (Å²) in [6.45, 7) is 0. The lowest BCUT2D eigenvalue weighted by molar-refractivity contribution is 0.405. The zero-order chi connectivity index (χ0) is 14.8. The first-order valence-electron chi connectivity index (χ1n) is 5.46. The molecule has 5 nitrogen and oxygen atoms in total. The molecule has 0 bridgehead atoms. The third-order valence-electron chi connectivity index (χ3n) is 2.48. The number of nitrogens with one attached hydrogen (secondary N) is 1. The number of hydrogen-bond donors (Lipinski definition) is 1. The molecule has 2 aromatic rings. The first kappa shape index (κ1) is 15.1. The third kappa shape index (κ3) is 3.08. The van der Waals surface area contributed by atoms with E-state index in [9.17, 15) is 8.42 Å². The third-order valence-corrected chi connectivity index (χ3v) is 6.52. The van der Waals surface area contributed by atoms with Crippen molar-refractivity contribution >= 4 is 43.0 Å². The smallest absolute Gasteiger partial charge is 0.272 e. The monoisotopic (exact) mass is 377 g/mol. The molecule has 0 fully saturated rings. The van der Waals surface area contributed by atoms with Gasteiger partial charge in [0.1, 0.15) is 11.5 Å². The van der Waals surface area contributed by atoms with E-state index < -0.39 is 10.0 Å². The van der Waals surface area contributed by atoms with Crippen molar-refractivity contribution in [1.82, 2.24) is 0 Å². The number of anilines is 1. The number of sulfonamides is 1. The molecule has 2 rings (SSSR count). The molecule has 0 aliphatic carbocycles. The zero-order valence-electron chi connectivity index (χ0n) is 10.7. The Morgan fingerprint density at radius 2 is 1.95 bits per heavy atom. The van der Waals surface area contributed by atoms with Crippen LogP contribution in [0.25, 0.3) is 0 Å². The Balaban J connectivity index is 2.41. The fourth-order valence-corrected chi connectivity index (χ4v) is 4.96. The van der Waals surface area contributed by atoms with Crippen LogP contribution in [0.3, 0.4) is 0 Å². The SMILES string of the molecule is COc1ccc(OC)c(NS(=O)(=O)c2sccc2Br)c1. The predicted octanol–water partition coefficient (Wildman–Crippen LogP) is 3.33. The number of thiophene rings is 1. The first-order valence-corrected chi connectivity index (χ1v) is 8.61. The standard InChI is InChI=1S/C12H12BrNO4S2/c1-17-8-3-4-11(18-2)10(7-8)14-20(15,16)12-9(13)5-6-19-12/h3-7,14H,1-2H3. The average Bonchev–Trinajstić information content (AvgIpc) is 2.85. The molecule has 0 unspecified atom stereocenters. The minimum Gasteiger partial charge on any atom is -0.497 e. The van der Waals surface area contributed by atoms with E-state index in [1.807, 2.05) is 0 Å². The van der Waals surface area contributed by atoms with Gasteiger partial charge >= 0.3 is 0 Å². The van der Waals surface area contributed by atoms with Crippen LogP contribution in [-0.4, -0.2) is 22.6 Å². The van der Waals surface area contributed by atoms with Crippen LogP contribution in [0.1, 0.15) is 0 Å². The molecule has 1 aromatic heterocycles. The van der Waals surface area contributed by atoms with Crippen molar-refractivity contribution in [1.29, 1.82) is 0 Å². The lowest BCUT2D eigenvalue weighted by Crippen LogP contribution is -2.12. The molecule has 20 heavy (non-hydrogen) atoms. The lowest BCUT2D eigenvalue weighted by Gasteiger charge is -2.12. The largest absolute Gasteiger partial charge is 0.497 e. The molecular weight excluding hydrogens is 366 g/mol. The summed E-state index contributed by atoms with van der Waals surface area (Å²) in [7, 11) is -0.689. The molecule has 0 amide bonds. The van der Waals surface area contributed by atoms with Crippen LogP contribution in [0.2, 0.25) is 0 Å². The van der Waals surface area contributed by atoms with Crippen molar-refractivity contribution in [2.45, 2.75) is 4.21 Å². The second kappa shape index (κ2) is 6.02. The van der Waals surface area contributed by atoms with E-state index in [1.54, 1.807) is 29.6 Å². The van der Waals surface area contributed by atoms with Crippen LogP contribution in [0.15, 0.2) is 38.3 Å².